The minimum absolute atomic E-state index is 0.0538. The number of allylic oxidation sites excluding steroid dienone is 1. The number of carboxylic acids is 1. The van der Waals surface area contributed by atoms with Gasteiger partial charge >= 0.3 is 11.6 Å². The largest absolute Gasteiger partial charge is 0.481 e. The number of aliphatic hydroxyl groups excluding tert-OH is 4. The van der Waals surface area contributed by atoms with Crippen LogP contribution in [0.5, 0.6) is 0 Å². The highest BCUT2D eigenvalue weighted by molar-refractivity contribution is 5.78. The van der Waals surface area contributed by atoms with Gasteiger partial charge in [0.25, 0.3) is 0 Å². The molecule has 11 heteroatoms. The molecule has 1 aliphatic heterocycles. The summed E-state index contributed by atoms with van der Waals surface area (Å²) in [6, 6.07) is 3.14. The van der Waals surface area contributed by atoms with E-state index >= 15 is 0 Å². The third-order valence-electron chi connectivity index (χ3n) is 11.6. The van der Waals surface area contributed by atoms with Crippen molar-refractivity contribution in [1.82, 2.24) is 0 Å². The molecule has 6 N–H and O–H groups in total. The Balaban J connectivity index is 1.37. The number of aliphatic carboxylic acids is 1. The van der Waals surface area contributed by atoms with Gasteiger partial charge in [-0.05, 0) is 80.8 Å². The van der Waals surface area contributed by atoms with E-state index in [4.69, 9.17) is 13.9 Å². The van der Waals surface area contributed by atoms with Crippen LogP contribution in [0.25, 0.3) is 0 Å². The first-order chi connectivity index (χ1) is 19.4. The first-order valence-corrected chi connectivity index (χ1v) is 14.6. The van der Waals surface area contributed by atoms with E-state index in [1.165, 1.54) is 12.3 Å². The highest BCUT2D eigenvalue weighted by atomic mass is 16.7. The Kier molecular flexibility index (Phi) is 7.05. The summed E-state index contributed by atoms with van der Waals surface area (Å²) >= 11 is 0. The fraction of sp³-hybridized carbons (Fsp3) is 0.733. The number of hydrogen-bond donors (Lipinski definition) is 6. The van der Waals surface area contributed by atoms with Crippen LogP contribution in [-0.4, -0.2) is 85.1 Å². The average Bonchev–Trinajstić information content (AvgIpc) is 3.24. The van der Waals surface area contributed by atoms with Crippen LogP contribution in [0.3, 0.4) is 0 Å². The van der Waals surface area contributed by atoms with Crippen LogP contribution < -0.4 is 5.63 Å². The maximum absolute atomic E-state index is 13.5. The van der Waals surface area contributed by atoms with Crippen LogP contribution in [0.4, 0.5) is 0 Å². The zero-order valence-electron chi connectivity index (χ0n) is 23.1. The molecular weight excluding hydrogens is 536 g/mol. The minimum atomic E-state index is -1.66. The first-order valence-electron chi connectivity index (χ1n) is 14.6. The van der Waals surface area contributed by atoms with Crippen molar-refractivity contribution in [3.8, 4) is 0 Å². The van der Waals surface area contributed by atoms with Crippen molar-refractivity contribution in [2.24, 2.45) is 22.7 Å². The monoisotopic (exact) mass is 576 g/mol. The lowest BCUT2D eigenvalue weighted by molar-refractivity contribution is -0.346. The van der Waals surface area contributed by atoms with Gasteiger partial charge in [0.2, 0.25) is 0 Å². The summed E-state index contributed by atoms with van der Waals surface area (Å²) in [4.78, 5) is 25.0. The molecule has 0 aromatic carbocycles. The second-order valence-corrected chi connectivity index (χ2v) is 13.0. The molecular formula is C30H40O11. The van der Waals surface area contributed by atoms with Gasteiger partial charge in [-0.3, -0.25) is 4.79 Å². The molecule has 5 aliphatic rings. The van der Waals surface area contributed by atoms with Gasteiger partial charge in [-0.1, -0.05) is 19.1 Å². The van der Waals surface area contributed by atoms with Gasteiger partial charge in [-0.2, -0.15) is 0 Å². The number of rotatable bonds is 5. The molecule has 0 spiro atoms. The highest BCUT2D eigenvalue weighted by Gasteiger charge is 2.73. The van der Waals surface area contributed by atoms with Crippen molar-refractivity contribution in [2.45, 2.75) is 106 Å². The number of hydrogen-bond acceptors (Lipinski definition) is 10. The number of fused-ring (bicyclic) bond motifs is 5. The SMILES string of the molecule is C[C@]12CC[C@H]3[C@@H](CC[C@]4(O[C@@H]5O[C@H](CO)[C@@H](O)[C@H](O)[C@H]5O)C=CCC[C@]34C(=O)O)[C@@]1(O)CC[C@@H]2c1ccc(=O)oc1. The molecule has 0 unspecified atom stereocenters. The third kappa shape index (κ3) is 3.90. The minimum Gasteiger partial charge on any atom is -0.481 e. The van der Waals surface area contributed by atoms with Crippen LogP contribution >= 0.6 is 0 Å². The van der Waals surface area contributed by atoms with E-state index in [1.807, 2.05) is 6.08 Å². The summed E-state index contributed by atoms with van der Waals surface area (Å²) in [5.74, 6) is -1.89. The van der Waals surface area contributed by atoms with Crippen molar-refractivity contribution in [2.75, 3.05) is 6.61 Å². The average molecular weight is 577 g/mol. The second kappa shape index (κ2) is 9.97. The van der Waals surface area contributed by atoms with Crippen LogP contribution in [0.1, 0.15) is 69.8 Å². The Morgan fingerprint density at radius 2 is 1.78 bits per heavy atom. The van der Waals surface area contributed by atoms with Crippen LogP contribution in [0.15, 0.2) is 39.8 Å². The molecule has 3 saturated carbocycles. The van der Waals surface area contributed by atoms with Gasteiger partial charge in [0, 0.05) is 11.5 Å². The Morgan fingerprint density at radius 1 is 1.02 bits per heavy atom. The van der Waals surface area contributed by atoms with E-state index in [9.17, 15) is 40.2 Å². The summed E-state index contributed by atoms with van der Waals surface area (Å²) < 4.78 is 17.3. The molecule has 4 aliphatic carbocycles. The molecule has 4 fully saturated rings. The van der Waals surface area contributed by atoms with Crippen LogP contribution in [0.2, 0.25) is 0 Å². The lowest BCUT2D eigenvalue weighted by Gasteiger charge is -2.65. The van der Waals surface area contributed by atoms with E-state index in [2.05, 4.69) is 6.92 Å². The fourth-order valence-corrected chi connectivity index (χ4v) is 9.53. The Morgan fingerprint density at radius 3 is 2.46 bits per heavy atom. The normalized spacial score (nSPS) is 49.1. The molecule has 41 heavy (non-hydrogen) atoms. The molecule has 11 nitrogen and oxygen atoms in total. The van der Waals surface area contributed by atoms with Crippen molar-refractivity contribution >= 4 is 5.97 Å². The summed E-state index contributed by atoms with van der Waals surface area (Å²) in [5, 5.41) is 64.6. The number of carboxylic acid groups (broad SMARTS) is 1. The van der Waals surface area contributed by atoms with E-state index in [-0.39, 0.29) is 24.7 Å². The maximum Gasteiger partial charge on any atom is 0.335 e. The van der Waals surface area contributed by atoms with Gasteiger partial charge in [0.1, 0.15) is 35.4 Å². The maximum atomic E-state index is 13.5. The molecule has 2 heterocycles. The predicted molar refractivity (Wildman–Crippen MR) is 141 cm³/mol. The fourth-order valence-electron chi connectivity index (χ4n) is 9.53. The first kappa shape index (κ1) is 29.0. The number of aliphatic hydroxyl groups is 5. The van der Waals surface area contributed by atoms with Crippen molar-refractivity contribution in [3.05, 3.63) is 46.5 Å². The van der Waals surface area contributed by atoms with Gasteiger partial charge in [-0.15, -0.1) is 0 Å². The van der Waals surface area contributed by atoms with Crippen molar-refractivity contribution in [1.29, 1.82) is 0 Å². The Bertz CT molecular complexity index is 1240. The lowest BCUT2D eigenvalue weighted by atomic mass is 9.42. The van der Waals surface area contributed by atoms with E-state index in [1.54, 1.807) is 12.1 Å². The van der Waals surface area contributed by atoms with Crippen molar-refractivity contribution < 1.29 is 49.3 Å². The molecule has 0 bridgehead atoms. The molecule has 226 valence electrons. The van der Waals surface area contributed by atoms with Gasteiger partial charge in [-0.25, -0.2) is 4.79 Å². The van der Waals surface area contributed by atoms with Crippen molar-refractivity contribution in [3.63, 3.8) is 0 Å². The summed E-state index contributed by atoms with van der Waals surface area (Å²) in [7, 11) is 0. The Hall–Kier alpha value is -2.12. The zero-order chi connectivity index (χ0) is 29.4. The lowest BCUT2D eigenvalue weighted by Crippen LogP contribution is -2.71. The third-order valence-corrected chi connectivity index (χ3v) is 11.6. The number of ether oxygens (including phenoxy) is 2. The molecule has 1 aromatic rings. The van der Waals surface area contributed by atoms with Crippen LogP contribution in [-0.2, 0) is 14.3 Å². The zero-order valence-corrected chi connectivity index (χ0v) is 23.1. The summed E-state index contributed by atoms with van der Waals surface area (Å²) in [6.45, 7) is 1.44. The molecule has 0 radical (unpaired) electrons. The molecule has 0 amide bonds. The second-order valence-electron chi connectivity index (χ2n) is 13.0. The van der Waals surface area contributed by atoms with Gasteiger partial charge in [0.05, 0.1) is 18.5 Å². The van der Waals surface area contributed by atoms with Gasteiger partial charge in [0.15, 0.2) is 6.29 Å². The topological polar surface area (TPSA) is 187 Å². The van der Waals surface area contributed by atoms with Crippen LogP contribution in [0, 0.1) is 22.7 Å². The summed E-state index contributed by atoms with van der Waals surface area (Å²) in [6.07, 6.45) is 1.22. The van der Waals surface area contributed by atoms with Gasteiger partial charge < -0.3 is 44.5 Å². The quantitative estimate of drug-likeness (QED) is 0.217. The van der Waals surface area contributed by atoms with E-state index < -0.39 is 76.9 Å². The van der Waals surface area contributed by atoms with E-state index in [0.29, 0.717) is 38.5 Å². The highest BCUT2D eigenvalue weighted by Crippen LogP contribution is 2.71. The summed E-state index contributed by atoms with van der Waals surface area (Å²) in [5.41, 5.74) is -4.15. The number of carbonyl (C=O) groups is 1. The Labute approximate surface area is 237 Å². The molecule has 1 aromatic heterocycles. The smallest absolute Gasteiger partial charge is 0.335 e. The standard InChI is InChI=1S/C30H40O11/c1-27-11-6-18-19(30(27,38)13-8-17(27)16-4-5-21(32)39-15-16)7-12-28(9-2-3-10-29(18,28)26(36)37)41-25-24(35)23(34)22(33)20(14-31)40-25/h2,4-5,9,15,17-20,22-25,31,33-35,38H,3,6-8,10-14H2,1H3,(H,36,37)/t17-,18+,19-,20-,22-,23+,24-,25+,27-,28-,29-,30+/m1/s1. The van der Waals surface area contributed by atoms with E-state index in [0.717, 1.165) is 5.56 Å². The molecule has 6 rings (SSSR count). The predicted octanol–water partition coefficient (Wildman–Crippen LogP) is 1.05. The molecule has 12 atom stereocenters. The molecule has 1 saturated heterocycles.